The number of phenolic OH excluding ortho intramolecular Hbond substituents is 1. The number of aryl methyl sites for hydroxylation is 1. The maximum atomic E-state index is 9.31. The van der Waals surface area contributed by atoms with Crippen molar-refractivity contribution in [1.29, 1.82) is 0 Å². The molecule has 20 heavy (non-hydrogen) atoms. The van der Waals surface area contributed by atoms with Crippen LogP contribution < -0.4 is 0 Å². The summed E-state index contributed by atoms with van der Waals surface area (Å²) in [6.07, 6.45) is 3.26. The van der Waals surface area contributed by atoms with Crippen LogP contribution in [0.4, 0.5) is 0 Å². The SMILES string of the molecule is CC1=CC(O)=CC(C)(C)C1(Cl)Cl.Cc1cccc(O)c1. The second-order valence-electron chi connectivity index (χ2n) is 5.53. The summed E-state index contributed by atoms with van der Waals surface area (Å²) in [6, 6.07) is 7.15. The molecule has 0 heterocycles. The minimum atomic E-state index is -0.917. The number of alkyl halides is 2. The third-order valence-corrected chi connectivity index (χ3v) is 4.75. The van der Waals surface area contributed by atoms with Gasteiger partial charge >= 0.3 is 0 Å². The van der Waals surface area contributed by atoms with Crippen molar-refractivity contribution in [3.63, 3.8) is 0 Å². The van der Waals surface area contributed by atoms with Crippen LogP contribution in [0.2, 0.25) is 0 Å². The Morgan fingerprint density at radius 3 is 2.05 bits per heavy atom. The molecule has 2 rings (SSSR count). The molecule has 1 aliphatic carbocycles. The van der Waals surface area contributed by atoms with E-state index in [4.69, 9.17) is 28.3 Å². The predicted octanol–water partition coefficient (Wildman–Crippen LogP) is 5.29. The van der Waals surface area contributed by atoms with Crippen molar-refractivity contribution in [3.05, 3.63) is 53.3 Å². The fourth-order valence-electron chi connectivity index (χ4n) is 1.95. The monoisotopic (exact) mass is 314 g/mol. The van der Waals surface area contributed by atoms with Crippen molar-refractivity contribution in [2.75, 3.05) is 0 Å². The fourth-order valence-corrected chi connectivity index (χ4v) is 2.17. The first-order valence-electron chi connectivity index (χ1n) is 6.30. The molecule has 0 atom stereocenters. The van der Waals surface area contributed by atoms with Crippen LogP contribution in [0, 0.1) is 12.3 Å². The van der Waals surface area contributed by atoms with Crippen LogP contribution in [0.25, 0.3) is 0 Å². The van der Waals surface area contributed by atoms with Crippen molar-refractivity contribution in [3.8, 4) is 5.75 Å². The smallest absolute Gasteiger partial charge is 0.147 e. The molecule has 1 aromatic carbocycles. The molecule has 0 spiro atoms. The summed E-state index contributed by atoms with van der Waals surface area (Å²) in [5.74, 6) is 0.569. The second-order valence-corrected chi connectivity index (χ2v) is 6.86. The highest BCUT2D eigenvalue weighted by molar-refractivity contribution is 6.51. The van der Waals surface area contributed by atoms with E-state index in [2.05, 4.69) is 0 Å². The molecule has 110 valence electrons. The van der Waals surface area contributed by atoms with E-state index in [0.717, 1.165) is 11.1 Å². The number of rotatable bonds is 0. The summed E-state index contributed by atoms with van der Waals surface area (Å²) in [5.41, 5.74) is 1.43. The summed E-state index contributed by atoms with van der Waals surface area (Å²) >= 11 is 12.2. The lowest BCUT2D eigenvalue weighted by molar-refractivity contribution is 0.371. The third kappa shape index (κ3) is 3.94. The van der Waals surface area contributed by atoms with Crippen LogP contribution in [0.3, 0.4) is 0 Å². The predicted molar refractivity (Wildman–Crippen MR) is 85.5 cm³/mol. The molecule has 2 nitrogen and oxygen atoms in total. The van der Waals surface area contributed by atoms with Gasteiger partial charge in [-0.05, 0) is 49.3 Å². The summed E-state index contributed by atoms with van der Waals surface area (Å²) in [4.78, 5) is 0. The van der Waals surface area contributed by atoms with Crippen LogP contribution >= 0.6 is 23.2 Å². The molecule has 0 aliphatic heterocycles. The average Bonchev–Trinajstić information content (AvgIpc) is 2.26. The van der Waals surface area contributed by atoms with Crippen LogP contribution in [0.5, 0.6) is 5.75 Å². The van der Waals surface area contributed by atoms with Crippen molar-refractivity contribution >= 4 is 23.2 Å². The molecule has 0 unspecified atom stereocenters. The first-order chi connectivity index (χ1) is 9.06. The second kappa shape index (κ2) is 6.11. The van der Waals surface area contributed by atoms with Crippen LogP contribution in [0.1, 0.15) is 26.3 Å². The Morgan fingerprint density at radius 1 is 1.05 bits per heavy atom. The van der Waals surface area contributed by atoms with Crippen LogP contribution in [-0.4, -0.2) is 14.5 Å². The van der Waals surface area contributed by atoms with Gasteiger partial charge in [0.05, 0.1) is 0 Å². The lowest BCUT2D eigenvalue weighted by atomic mass is 9.81. The highest BCUT2D eigenvalue weighted by atomic mass is 35.5. The van der Waals surface area contributed by atoms with E-state index >= 15 is 0 Å². The minimum Gasteiger partial charge on any atom is -0.508 e. The summed E-state index contributed by atoms with van der Waals surface area (Å²) in [5, 5.41) is 18.1. The number of benzene rings is 1. The van der Waals surface area contributed by atoms with Gasteiger partial charge in [0.25, 0.3) is 0 Å². The van der Waals surface area contributed by atoms with Crippen LogP contribution in [-0.2, 0) is 0 Å². The van der Waals surface area contributed by atoms with Gasteiger partial charge in [-0.3, -0.25) is 0 Å². The van der Waals surface area contributed by atoms with E-state index in [0.29, 0.717) is 5.75 Å². The highest BCUT2D eigenvalue weighted by Gasteiger charge is 2.44. The molecule has 1 aromatic rings. The van der Waals surface area contributed by atoms with E-state index in [-0.39, 0.29) is 5.76 Å². The molecule has 4 heteroatoms. The Balaban J connectivity index is 0.000000217. The van der Waals surface area contributed by atoms with E-state index < -0.39 is 9.75 Å². The van der Waals surface area contributed by atoms with E-state index in [1.54, 1.807) is 24.3 Å². The molecule has 2 N–H and O–H groups in total. The summed E-state index contributed by atoms with van der Waals surface area (Å²) in [6.45, 7) is 7.53. The molecule has 0 bridgehead atoms. The number of hydrogen-bond acceptors (Lipinski definition) is 2. The molecule has 0 saturated heterocycles. The van der Waals surface area contributed by atoms with Gasteiger partial charge < -0.3 is 10.2 Å². The first kappa shape index (κ1) is 16.9. The third-order valence-electron chi connectivity index (χ3n) is 3.18. The highest BCUT2D eigenvalue weighted by Crippen LogP contribution is 2.49. The van der Waals surface area contributed by atoms with Gasteiger partial charge in [0, 0.05) is 5.41 Å². The molecule has 0 fully saturated rings. The Bertz CT molecular complexity index is 526. The van der Waals surface area contributed by atoms with Crippen LogP contribution in [0.15, 0.2) is 47.7 Å². The van der Waals surface area contributed by atoms with Gasteiger partial charge in [0.2, 0.25) is 0 Å². The largest absolute Gasteiger partial charge is 0.508 e. The van der Waals surface area contributed by atoms with Gasteiger partial charge in [-0.2, -0.15) is 0 Å². The van der Waals surface area contributed by atoms with E-state index in [1.807, 2.05) is 39.8 Å². The fraction of sp³-hybridized carbons (Fsp3) is 0.375. The zero-order valence-corrected chi connectivity index (χ0v) is 13.6. The number of aliphatic hydroxyl groups excluding tert-OH is 1. The van der Waals surface area contributed by atoms with Gasteiger partial charge in [-0.1, -0.05) is 49.2 Å². The number of aromatic hydroxyl groups is 1. The lowest BCUT2D eigenvalue weighted by Gasteiger charge is -2.38. The Kier molecular flexibility index (Phi) is 5.17. The average molecular weight is 315 g/mol. The normalized spacial score (nSPS) is 19.3. The number of halogens is 2. The Hall–Kier alpha value is -1.12. The minimum absolute atomic E-state index is 0.231. The maximum absolute atomic E-state index is 9.31. The quantitative estimate of drug-likeness (QED) is 0.639. The van der Waals surface area contributed by atoms with Crippen molar-refractivity contribution < 1.29 is 10.2 Å². The first-order valence-corrected chi connectivity index (χ1v) is 7.06. The van der Waals surface area contributed by atoms with Gasteiger partial charge in [-0.25, -0.2) is 0 Å². The number of hydrogen-bond donors (Lipinski definition) is 2. The molecule has 0 saturated carbocycles. The molecular formula is C16H20Cl2O2. The van der Waals surface area contributed by atoms with Gasteiger partial charge in [0.15, 0.2) is 0 Å². The molecule has 0 radical (unpaired) electrons. The van der Waals surface area contributed by atoms with E-state index in [9.17, 15) is 5.11 Å². The van der Waals surface area contributed by atoms with Gasteiger partial charge in [-0.15, -0.1) is 0 Å². The van der Waals surface area contributed by atoms with Gasteiger partial charge in [0.1, 0.15) is 15.8 Å². The summed E-state index contributed by atoms with van der Waals surface area (Å²) in [7, 11) is 0. The van der Waals surface area contributed by atoms with Crippen molar-refractivity contribution in [1.82, 2.24) is 0 Å². The van der Waals surface area contributed by atoms with Crippen molar-refractivity contribution in [2.24, 2.45) is 5.41 Å². The topological polar surface area (TPSA) is 40.5 Å². The zero-order chi connectivity index (χ0) is 15.6. The zero-order valence-electron chi connectivity index (χ0n) is 12.1. The molecule has 0 amide bonds. The molecule has 0 aromatic heterocycles. The molecule has 1 aliphatic rings. The Morgan fingerprint density at radius 2 is 1.65 bits per heavy atom. The Labute approximate surface area is 130 Å². The van der Waals surface area contributed by atoms with Crippen molar-refractivity contribution in [2.45, 2.75) is 32.0 Å². The lowest BCUT2D eigenvalue weighted by Crippen LogP contribution is -2.36. The standard InChI is InChI=1S/C9H12Cl2O.C7H8O/c1-6-4-7(12)5-8(2,3)9(6,10)11;1-6-3-2-4-7(8)5-6/h4-5,12H,1-3H3;2-5,8H,1H3. The molecular weight excluding hydrogens is 295 g/mol. The number of aliphatic hydroxyl groups is 1. The van der Waals surface area contributed by atoms with E-state index in [1.165, 1.54) is 0 Å². The number of phenols is 1. The maximum Gasteiger partial charge on any atom is 0.147 e. The number of allylic oxidation sites excluding steroid dienone is 3. The summed E-state index contributed by atoms with van der Waals surface area (Å²) < 4.78 is -0.917.